The highest BCUT2D eigenvalue weighted by atomic mass is 16.5. The van der Waals surface area contributed by atoms with Crippen molar-refractivity contribution in [2.45, 2.75) is 19.3 Å². The predicted octanol–water partition coefficient (Wildman–Crippen LogP) is -1.04. The fourth-order valence-electron chi connectivity index (χ4n) is 2.42. The zero-order valence-corrected chi connectivity index (χ0v) is 11.5. The number of rotatable bonds is 5. The number of piperazine rings is 1. The van der Waals surface area contributed by atoms with Crippen LogP contribution in [-0.4, -0.2) is 66.9 Å². The van der Waals surface area contributed by atoms with Gasteiger partial charge in [0.2, 0.25) is 17.7 Å². The summed E-state index contributed by atoms with van der Waals surface area (Å²) in [5.74, 6) is -0.319. The monoisotopic (exact) mass is 283 g/mol. The zero-order valence-electron chi connectivity index (χ0n) is 11.5. The molecule has 0 unspecified atom stereocenters. The zero-order chi connectivity index (χ0) is 14.5. The maximum absolute atomic E-state index is 12.1. The Balaban J connectivity index is 1.69. The molecule has 7 heteroatoms. The van der Waals surface area contributed by atoms with Crippen molar-refractivity contribution < 1.29 is 19.1 Å². The number of ether oxygens (including phenoxy) is 1. The molecule has 0 radical (unpaired) electrons. The van der Waals surface area contributed by atoms with E-state index in [2.05, 4.69) is 0 Å². The van der Waals surface area contributed by atoms with Crippen LogP contribution in [0.4, 0.5) is 0 Å². The van der Waals surface area contributed by atoms with Crippen molar-refractivity contribution in [3.05, 3.63) is 0 Å². The van der Waals surface area contributed by atoms with Gasteiger partial charge in [-0.05, 0) is 12.8 Å². The van der Waals surface area contributed by atoms with E-state index in [-0.39, 0.29) is 30.9 Å². The van der Waals surface area contributed by atoms with Gasteiger partial charge in [0, 0.05) is 32.1 Å². The van der Waals surface area contributed by atoms with Crippen molar-refractivity contribution in [3.8, 4) is 0 Å². The summed E-state index contributed by atoms with van der Waals surface area (Å²) < 4.78 is 4.90. The first kappa shape index (κ1) is 14.8. The van der Waals surface area contributed by atoms with Gasteiger partial charge in [-0.2, -0.15) is 0 Å². The number of primary amides is 1. The van der Waals surface area contributed by atoms with Crippen molar-refractivity contribution in [2.24, 2.45) is 11.7 Å². The van der Waals surface area contributed by atoms with Crippen molar-refractivity contribution in [3.63, 3.8) is 0 Å². The van der Waals surface area contributed by atoms with Crippen LogP contribution in [0.25, 0.3) is 0 Å². The van der Waals surface area contributed by atoms with Crippen LogP contribution in [0.5, 0.6) is 0 Å². The highest BCUT2D eigenvalue weighted by Crippen LogP contribution is 2.28. The van der Waals surface area contributed by atoms with E-state index in [1.807, 2.05) is 4.90 Å². The molecule has 1 saturated carbocycles. The van der Waals surface area contributed by atoms with Crippen LogP contribution in [0, 0.1) is 5.92 Å². The number of nitrogens with two attached hydrogens (primary N) is 1. The Labute approximate surface area is 118 Å². The fourth-order valence-corrected chi connectivity index (χ4v) is 2.42. The molecule has 2 fully saturated rings. The summed E-state index contributed by atoms with van der Waals surface area (Å²) in [6, 6.07) is 0. The fraction of sp³-hybridized carbons (Fsp3) is 0.769. The van der Waals surface area contributed by atoms with Crippen molar-refractivity contribution >= 4 is 17.7 Å². The number of hydrogen-bond donors (Lipinski definition) is 1. The van der Waals surface area contributed by atoms with Crippen molar-refractivity contribution in [1.82, 2.24) is 9.80 Å². The van der Waals surface area contributed by atoms with Gasteiger partial charge in [0.05, 0.1) is 0 Å². The Morgan fingerprint density at radius 3 is 2.10 bits per heavy atom. The van der Waals surface area contributed by atoms with Crippen LogP contribution in [-0.2, 0) is 19.1 Å². The summed E-state index contributed by atoms with van der Waals surface area (Å²) in [4.78, 5) is 37.9. The van der Waals surface area contributed by atoms with E-state index >= 15 is 0 Å². The van der Waals surface area contributed by atoms with Gasteiger partial charge in [0.15, 0.2) is 0 Å². The quantitative estimate of drug-likeness (QED) is 0.697. The molecule has 0 aromatic carbocycles. The molecule has 1 heterocycles. The van der Waals surface area contributed by atoms with E-state index in [9.17, 15) is 14.4 Å². The van der Waals surface area contributed by atoms with E-state index < -0.39 is 5.91 Å². The van der Waals surface area contributed by atoms with Crippen molar-refractivity contribution in [2.75, 3.05) is 39.4 Å². The Bertz CT molecular complexity index is 387. The van der Waals surface area contributed by atoms with Crippen molar-refractivity contribution in [1.29, 1.82) is 0 Å². The van der Waals surface area contributed by atoms with E-state index in [4.69, 9.17) is 10.5 Å². The minimum Gasteiger partial charge on any atom is -0.368 e. The Hall–Kier alpha value is -1.63. The maximum atomic E-state index is 12.1. The highest BCUT2D eigenvalue weighted by molar-refractivity contribution is 5.81. The molecule has 0 spiro atoms. The first-order chi connectivity index (χ1) is 9.58. The molecule has 0 bridgehead atoms. The first-order valence-corrected chi connectivity index (χ1v) is 7.00. The van der Waals surface area contributed by atoms with Gasteiger partial charge in [0.25, 0.3) is 0 Å². The number of carbonyl (C=O) groups excluding carboxylic acids is 3. The molecule has 0 aromatic heterocycles. The van der Waals surface area contributed by atoms with E-state index in [0.717, 1.165) is 19.3 Å². The third kappa shape index (κ3) is 3.69. The molecule has 112 valence electrons. The molecule has 1 aliphatic carbocycles. The van der Waals surface area contributed by atoms with E-state index in [1.54, 1.807) is 4.90 Å². The van der Waals surface area contributed by atoms with Gasteiger partial charge in [0.1, 0.15) is 13.2 Å². The minimum absolute atomic E-state index is 0.139. The first-order valence-electron chi connectivity index (χ1n) is 7.00. The van der Waals surface area contributed by atoms with Crippen LogP contribution >= 0.6 is 0 Å². The second-order valence-corrected chi connectivity index (χ2v) is 5.29. The van der Waals surface area contributed by atoms with Crippen LogP contribution in [0.1, 0.15) is 19.3 Å². The average molecular weight is 283 g/mol. The number of carbonyl (C=O) groups is 3. The molecular formula is C13H21N3O4. The van der Waals surface area contributed by atoms with Crippen LogP contribution in [0.2, 0.25) is 0 Å². The second kappa shape index (κ2) is 6.69. The lowest BCUT2D eigenvalue weighted by molar-refractivity contribution is -0.146. The molecule has 2 aliphatic rings. The second-order valence-electron chi connectivity index (χ2n) is 5.29. The molecule has 0 aromatic rings. The molecule has 1 aliphatic heterocycles. The number of amides is 3. The van der Waals surface area contributed by atoms with Gasteiger partial charge >= 0.3 is 0 Å². The third-order valence-corrected chi connectivity index (χ3v) is 3.87. The third-order valence-electron chi connectivity index (χ3n) is 3.87. The Morgan fingerprint density at radius 1 is 1.00 bits per heavy atom. The van der Waals surface area contributed by atoms with Crippen LogP contribution < -0.4 is 5.73 Å². The molecule has 1 saturated heterocycles. The van der Waals surface area contributed by atoms with Gasteiger partial charge in [-0.3, -0.25) is 14.4 Å². The van der Waals surface area contributed by atoms with E-state index in [1.165, 1.54) is 0 Å². The SMILES string of the molecule is NC(=O)COCC(=O)N1CCN(C(=O)C2CCC2)CC1. The summed E-state index contributed by atoms with van der Waals surface area (Å²) in [5, 5.41) is 0. The number of nitrogens with zero attached hydrogens (tertiary/aromatic N) is 2. The maximum Gasteiger partial charge on any atom is 0.248 e. The number of hydrogen-bond acceptors (Lipinski definition) is 4. The standard InChI is InChI=1S/C13H21N3O4/c14-11(17)8-20-9-12(18)15-4-6-16(7-5-15)13(19)10-2-1-3-10/h10H,1-9H2,(H2,14,17). The molecule has 20 heavy (non-hydrogen) atoms. The molecular weight excluding hydrogens is 262 g/mol. The summed E-state index contributed by atoms with van der Waals surface area (Å²) >= 11 is 0. The largest absolute Gasteiger partial charge is 0.368 e. The van der Waals surface area contributed by atoms with Gasteiger partial charge in [-0.15, -0.1) is 0 Å². The van der Waals surface area contributed by atoms with Crippen LogP contribution in [0.15, 0.2) is 0 Å². The summed E-state index contributed by atoms with van der Waals surface area (Å²) in [6.07, 6.45) is 3.14. The minimum atomic E-state index is -0.589. The summed E-state index contributed by atoms with van der Waals surface area (Å²) in [6.45, 7) is 1.83. The lowest BCUT2D eigenvalue weighted by Gasteiger charge is -2.38. The molecule has 2 N–H and O–H groups in total. The molecule has 2 rings (SSSR count). The molecule has 3 amide bonds. The average Bonchev–Trinajstić information content (AvgIpc) is 2.36. The molecule has 7 nitrogen and oxygen atoms in total. The van der Waals surface area contributed by atoms with Gasteiger partial charge in [-0.1, -0.05) is 6.42 Å². The predicted molar refractivity (Wildman–Crippen MR) is 70.5 cm³/mol. The lowest BCUT2D eigenvalue weighted by atomic mass is 9.84. The smallest absolute Gasteiger partial charge is 0.248 e. The highest BCUT2D eigenvalue weighted by Gasteiger charge is 2.31. The normalized spacial score (nSPS) is 19.6. The van der Waals surface area contributed by atoms with E-state index in [0.29, 0.717) is 26.2 Å². The summed E-state index contributed by atoms with van der Waals surface area (Å²) in [5.41, 5.74) is 4.92. The topological polar surface area (TPSA) is 92.9 Å². The Kier molecular flexibility index (Phi) is 4.94. The van der Waals surface area contributed by atoms with Crippen LogP contribution in [0.3, 0.4) is 0 Å². The Morgan fingerprint density at radius 2 is 1.60 bits per heavy atom. The molecule has 0 atom stereocenters. The summed E-state index contributed by atoms with van der Waals surface area (Å²) in [7, 11) is 0. The van der Waals surface area contributed by atoms with Gasteiger partial charge < -0.3 is 20.3 Å². The lowest BCUT2D eigenvalue weighted by Crippen LogP contribution is -2.53. The van der Waals surface area contributed by atoms with Gasteiger partial charge in [-0.25, -0.2) is 0 Å².